The molecule has 0 bridgehead atoms. The summed E-state index contributed by atoms with van der Waals surface area (Å²) in [4.78, 5) is 26.8. The summed E-state index contributed by atoms with van der Waals surface area (Å²) in [5.74, 6) is -0.0502. The van der Waals surface area contributed by atoms with Gasteiger partial charge in [0.2, 0.25) is 0 Å². The minimum atomic E-state index is -0.313. The highest BCUT2D eigenvalue weighted by molar-refractivity contribution is 5.97. The number of morpholine rings is 1. The van der Waals surface area contributed by atoms with Crippen LogP contribution in [0.25, 0.3) is 0 Å². The number of benzene rings is 1. The monoisotopic (exact) mass is 385 g/mol. The van der Waals surface area contributed by atoms with Gasteiger partial charge in [0.05, 0.1) is 25.5 Å². The van der Waals surface area contributed by atoms with E-state index in [0.29, 0.717) is 37.6 Å². The molecule has 0 unspecified atom stereocenters. The maximum atomic E-state index is 12.6. The van der Waals surface area contributed by atoms with Crippen LogP contribution in [-0.4, -0.2) is 52.9 Å². The van der Waals surface area contributed by atoms with Crippen molar-refractivity contribution >= 4 is 17.6 Å². The Kier molecular flexibility index (Phi) is 6.65. The minimum Gasteiger partial charge on any atom is -0.378 e. The summed E-state index contributed by atoms with van der Waals surface area (Å²) in [6.45, 7) is 7.09. The number of carbonyl (C=O) groups excluding carboxylic acids is 2. The quantitative estimate of drug-likeness (QED) is 0.800. The molecular formula is C20H27N5O3. The topological polar surface area (TPSA) is 88.5 Å². The van der Waals surface area contributed by atoms with Crippen LogP contribution >= 0.6 is 0 Å². The fourth-order valence-corrected chi connectivity index (χ4v) is 3.16. The number of amides is 3. The van der Waals surface area contributed by atoms with Gasteiger partial charge in [-0.15, -0.1) is 0 Å². The number of nitrogens with one attached hydrogen (secondary N) is 2. The van der Waals surface area contributed by atoms with E-state index in [1.165, 1.54) is 0 Å². The molecule has 150 valence electrons. The van der Waals surface area contributed by atoms with Gasteiger partial charge >= 0.3 is 6.03 Å². The molecule has 8 nitrogen and oxygen atoms in total. The lowest BCUT2D eigenvalue weighted by Crippen LogP contribution is -2.40. The first kappa shape index (κ1) is 19.9. The third-order valence-electron chi connectivity index (χ3n) is 4.76. The van der Waals surface area contributed by atoms with Crippen LogP contribution in [0, 0.1) is 0 Å². The molecule has 28 heavy (non-hydrogen) atoms. The van der Waals surface area contributed by atoms with Gasteiger partial charge in [0.25, 0.3) is 5.91 Å². The lowest BCUT2D eigenvalue weighted by molar-refractivity contribution is 0.0303. The Labute approximate surface area is 164 Å². The smallest absolute Gasteiger partial charge is 0.319 e. The molecule has 3 amide bonds. The van der Waals surface area contributed by atoms with E-state index >= 15 is 0 Å². The lowest BCUT2D eigenvalue weighted by atomic mass is 10.1. The van der Waals surface area contributed by atoms with Gasteiger partial charge < -0.3 is 20.3 Å². The van der Waals surface area contributed by atoms with E-state index < -0.39 is 0 Å². The van der Waals surface area contributed by atoms with E-state index in [2.05, 4.69) is 15.7 Å². The highest BCUT2D eigenvalue weighted by Crippen LogP contribution is 2.17. The van der Waals surface area contributed by atoms with Gasteiger partial charge in [0.1, 0.15) is 0 Å². The fourth-order valence-electron chi connectivity index (χ4n) is 3.16. The number of carbonyl (C=O) groups is 2. The predicted molar refractivity (Wildman–Crippen MR) is 106 cm³/mol. The number of anilines is 1. The molecule has 1 saturated heterocycles. The van der Waals surface area contributed by atoms with Crippen LogP contribution in [0.4, 0.5) is 10.5 Å². The Morgan fingerprint density at radius 1 is 1.25 bits per heavy atom. The number of urea groups is 1. The van der Waals surface area contributed by atoms with Crippen molar-refractivity contribution in [2.45, 2.75) is 32.9 Å². The van der Waals surface area contributed by atoms with Crippen LogP contribution in [0.3, 0.4) is 0 Å². The van der Waals surface area contributed by atoms with Crippen LogP contribution in [0.5, 0.6) is 0 Å². The number of hydrogen-bond donors (Lipinski definition) is 2. The molecule has 1 aliphatic heterocycles. The fraction of sp³-hybridized carbons (Fsp3) is 0.450. The van der Waals surface area contributed by atoms with Crippen molar-refractivity contribution in [1.29, 1.82) is 0 Å². The second kappa shape index (κ2) is 9.36. The molecular weight excluding hydrogens is 358 g/mol. The van der Waals surface area contributed by atoms with Crippen molar-refractivity contribution in [2.75, 3.05) is 31.6 Å². The maximum Gasteiger partial charge on any atom is 0.319 e. The largest absolute Gasteiger partial charge is 0.378 e. The van der Waals surface area contributed by atoms with Crippen LogP contribution < -0.4 is 10.6 Å². The molecule has 3 rings (SSSR count). The summed E-state index contributed by atoms with van der Waals surface area (Å²) in [5, 5.41) is 10.1. The Morgan fingerprint density at radius 3 is 2.71 bits per heavy atom. The van der Waals surface area contributed by atoms with E-state index in [1.807, 2.05) is 24.7 Å². The zero-order valence-electron chi connectivity index (χ0n) is 16.4. The first-order valence-corrected chi connectivity index (χ1v) is 9.67. The summed E-state index contributed by atoms with van der Waals surface area (Å²) in [6.07, 6.45) is 4.47. The molecule has 1 aromatic heterocycles. The van der Waals surface area contributed by atoms with Crippen LogP contribution in [0.15, 0.2) is 36.7 Å². The Bertz CT molecular complexity index is 814. The first-order valence-electron chi connectivity index (χ1n) is 9.67. The van der Waals surface area contributed by atoms with E-state index in [4.69, 9.17) is 4.74 Å². The number of aromatic nitrogens is 2. The predicted octanol–water partition coefficient (Wildman–Crippen LogP) is 2.65. The maximum absolute atomic E-state index is 12.6. The molecule has 1 aromatic carbocycles. The molecule has 1 fully saturated rings. The van der Waals surface area contributed by atoms with Crippen LogP contribution in [0.1, 0.15) is 42.2 Å². The Balaban J connectivity index is 1.62. The van der Waals surface area contributed by atoms with Crippen molar-refractivity contribution in [3.8, 4) is 0 Å². The van der Waals surface area contributed by atoms with Gasteiger partial charge in [-0.2, -0.15) is 5.10 Å². The highest BCUT2D eigenvalue weighted by atomic mass is 16.5. The van der Waals surface area contributed by atoms with Crippen molar-refractivity contribution in [1.82, 2.24) is 20.0 Å². The Hall–Kier alpha value is -2.87. The molecule has 2 heterocycles. The van der Waals surface area contributed by atoms with E-state index in [9.17, 15) is 9.59 Å². The zero-order chi connectivity index (χ0) is 19.9. The molecule has 0 saturated carbocycles. The first-order chi connectivity index (χ1) is 13.6. The third-order valence-corrected chi connectivity index (χ3v) is 4.76. The number of hydrogen-bond acceptors (Lipinski definition) is 4. The second-order valence-corrected chi connectivity index (χ2v) is 6.67. The van der Waals surface area contributed by atoms with E-state index in [0.717, 1.165) is 18.5 Å². The third kappa shape index (κ3) is 4.89. The van der Waals surface area contributed by atoms with Crippen molar-refractivity contribution in [3.05, 3.63) is 47.8 Å². The van der Waals surface area contributed by atoms with Gasteiger partial charge in [0, 0.05) is 42.6 Å². The minimum absolute atomic E-state index is 0.0502. The SMILES string of the molecule is CC[C@@H](NC(=O)Nc1cccc(C(=O)N2CCOCC2)c1)c1cnn(CC)c1. The van der Waals surface area contributed by atoms with Crippen molar-refractivity contribution in [2.24, 2.45) is 0 Å². The number of ether oxygens (including phenoxy) is 1. The van der Waals surface area contributed by atoms with E-state index in [-0.39, 0.29) is 18.0 Å². The second-order valence-electron chi connectivity index (χ2n) is 6.67. The molecule has 2 N–H and O–H groups in total. The normalized spacial score (nSPS) is 15.1. The molecule has 0 radical (unpaired) electrons. The lowest BCUT2D eigenvalue weighted by Gasteiger charge is -2.27. The van der Waals surface area contributed by atoms with Gasteiger partial charge in [-0.3, -0.25) is 9.48 Å². The van der Waals surface area contributed by atoms with Gasteiger partial charge in [0.15, 0.2) is 0 Å². The molecule has 1 aliphatic rings. The summed E-state index contributed by atoms with van der Waals surface area (Å²) in [5.41, 5.74) is 2.10. The zero-order valence-corrected chi connectivity index (χ0v) is 16.4. The van der Waals surface area contributed by atoms with Crippen LogP contribution in [0.2, 0.25) is 0 Å². The highest BCUT2D eigenvalue weighted by Gasteiger charge is 2.19. The van der Waals surface area contributed by atoms with Gasteiger partial charge in [-0.05, 0) is 31.5 Å². The van der Waals surface area contributed by atoms with Gasteiger partial charge in [-0.25, -0.2) is 4.79 Å². The average Bonchev–Trinajstić information content (AvgIpc) is 3.21. The number of nitrogens with zero attached hydrogens (tertiary/aromatic N) is 3. The summed E-state index contributed by atoms with van der Waals surface area (Å²) < 4.78 is 7.12. The molecule has 2 aromatic rings. The molecule has 0 aliphatic carbocycles. The van der Waals surface area contributed by atoms with Crippen LogP contribution in [-0.2, 0) is 11.3 Å². The summed E-state index contributed by atoms with van der Waals surface area (Å²) >= 11 is 0. The average molecular weight is 385 g/mol. The standard InChI is InChI=1S/C20H27N5O3/c1-3-18(16-13-21-25(4-2)14-16)23-20(27)22-17-7-5-6-15(12-17)19(26)24-8-10-28-11-9-24/h5-7,12-14,18H,3-4,8-11H2,1-2H3,(H2,22,23,27)/t18-/m1/s1. The molecule has 0 spiro atoms. The summed E-state index contributed by atoms with van der Waals surface area (Å²) in [6, 6.07) is 6.56. The van der Waals surface area contributed by atoms with Gasteiger partial charge in [-0.1, -0.05) is 13.0 Å². The molecule has 1 atom stereocenters. The molecule has 8 heteroatoms. The van der Waals surface area contributed by atoms with Crippen molar-refractivity contribution in [3.63, 3.8) is 0 Å². The number of aryl methyl sites for hydroxylation is 1. The Morgan fingerprint density at radius 2 is 2.04 bits per heavy atom. The van der Waals surface area contributed by atoms with E-state index in [1.54, 1.807) is 35.4 Å². The number of rotatable bonds is 6. The van der Waals surface area contributed by atoms with Crippen molar-refractivity contribution < 1.29 is 14.3 Å². The summed E-state index contributed by atoms with van der Waals surface area (Å²) in [7, 11) is 0.